The molecule has 0 aliphatic heterocycles. The highest BCUT2D eigenvalue weighted by Gasteiger charge is 2.54. The Balaban J connectivity index is 1.22. The van der Waals surface area contributed by atoms with Crippen molar-refractivity contribution in [2.45, 2.75) is 64.6 Å². The molecule has 1 heterocycles. The first-order valence-electron chi connectivity index (χ1n) is 11.8. The number of nitro benzene ring substituents is 1. The van der Waals surface area contributed by atoms with Crippen LogP contribution in [-0.2, 0) is 6.73 Å². The molecule has 8 nitrogen and oxygen atoms in total. The maximum atomic E-state index is 13.0. The zero-order chi connectivity index (χ0) is 23.2. The van der Waals surface area contributed by atoms with Crippen LogP contribution in [-0.4, -0.2) is 26.7 Å². The molecule has 0 radical (unpaired) electrons. The molecule has 4 saturated carbocycles. The van der Waals surface area contributed by atoms with Crippen molar-refractivity contribution >= 4 is 23.2 Å². The second-order valence-electron chi connectivity index (χ2n) is 10.1. The molecule has 4 fully saturated rings. The van der Waals surface area contributed by atoms with Crippen molar-refractivity contribution in [3.05, 3.63) is 51.3 Å². The smallest absolute Gasteiger partial charge is 0.272 e. The van der Waals surface area contributed by atoms with E-state index in [2.05, 4.69) is 17.3 Å². The number of ether oxygens (including phenoxy) is 1. The van der Waals surface area contributed by atoms with E-state index in [0.717, 1.165) is 24.2 Å². The number of non-ortho nitro benzene ring substituents is 1. The first-order chi connectivity index (χ1) is 15.8. The van der Waals surface area contributed by atoms with Gasteiger partial charge in [-0.25, -0.2) is 4.68 Å². The molecule has 2 aromatic rings. The molecule has 4 aliphatic rings. The monoisotopic (exact) mass is 472 g/mol. The van der Waals surface area contributed by atoms with E-state index in [-0.39, 0.29) is 34.8 Å². The van der Waals surface area contributed by atoms with Crippen LogP contribution in [0.25, 0.3) is 0 Å². The highest BCUT2D eigenvalue weighted by atomic mass is 35.5. The summed E-state index contributed by atoms with van der Waals surface area (Å²) in [6, 6.07) is 5.89. The fraction of sp³-hybridized carbons (Fsp3) is 0.583. The summed E-state index contributed by atoms with van der Waals surface area (Å²) in [7, 11) is 0. The van der Waals surface area contributed by atoms with Gasteiger partial charge in [-0.2, -0.15) is 5.10 Å². The van der Waals surface area contributed by atoms with Gasteiger partial charge in [0.1, 0.15) is 11.4 Å². The third-order valence-corrected chi connectivity index (χ3v) is 8.19. The topological polar surface area (TPSA) is 99.3 Å². The Morgan fingerprint density at radius 2 is 1.94 bits per heavy atom. The number of carbonyl (C=O) groups is 1. The molecule has 0 spiro atoms. The maximum absolute atomic E-state index is 13.0. The van der Waals surface area contributed by atoms with E-state index < -0.39 is 4.92 Å². The van der Waals surface area contributed by atoms with Crippen molar-refractivity contribution in [3.63, 3.8) is 0 Å². The quantitative estimate of drug-likeness (QED) is 0.420. The first kappa shape index (κ1) is 22.2. The fourth-order valence-electron chi connectivity index (χ4n) is 6.94. The minimum atomic E-state index is -0.513. The molecule has 1 atom stereocenters. The highest BCUT2D eigenvalue weighted by molar-refractivity contribution is 6.32. The minimum Gasteiger partial charge on any atom is -0.470 e. The second-order valence-corrected chi connectivity index (χ2v) is 10.5. The Morgan fingerprint density at radius 3 is 2.52 bits per heavy atom. The van der Waals surface area contributed by atoms with Gasteiger partial charge in [-0.1, -0.05) is 18.5 Å². The number of nitrogens with zero attached hydrogens (tertiary/aromatic N) is 3. The van der Waals surface area contributed by atoms with Gasteiger partial charge >= 0.3 is 0 Å². The molecule has 6 rings (SSSR count). The minimum absolute atomic E-state index is 0.0387. The van der Waals surface area contributed by atoms with Crippen molar-refractivity contribution < 1.29 is 14.5 Å². The number of carbonyl (C=O) groups excluding carboxylic acids is 1. The summed E-state index contributed by atoms with van der Waals surface area (Å²) >= 11 is 6.07. The van der Waals surface area contributed by atoms with E-state index in [0.29, 0.717) is 11.4 Å². The van der Waals surface area contributed by atoms with Crippen LogP contribution in [0.2, 0.25) is 5.02 Å². The van der Waals surface area contributed by atoms with Gasteiger partial charge in [0, 0.05) is 24.4 Å². The van der Waals surface area contributed by atoms with Gasteiger partial charge in [0.2, 0.25) is 0 Å². The van der Waals surface area contributed by atoms with Crippen molar-refractivity contribution in [2.75, 3.05) is 0 Å². The molecule has 1 N–H and O–H groups in total. The standard InChI is InChI=1S/C24H29ClN4O4/c1-2-22(24-11-15-7-16(12-24)9-17(8-15)13-24)26-23(30)20-5-6-28(27-20)14-33-21-4-3-18(29(31)32)10-19(21)25/h3-6,10,15-17,22H,2,7-9,11-14H2,1H3,(H,26,30). The van der Waals surface area contributed by atoms with Crippen molar-refractivity contribution in [1.82, 2.24) is 15.1 Å². The Labute approximate surface area is 197 Å². The Morgan fingerprint density at radius 1 is 1.27 bits per heavy atom. The number of nitrogens with one attached hydrogen (secondary N) is 1. The summed E-state index contributed by atoms with van der Waals surface area (Å²) in [5, 5.41) is 18.7. The zero-order valence-electron chi connectivity index (χ0n) is 18.7. The molecule has 0 saturated heterocycles. The summed E-state index contributed by atoms with van der Waals surface area (Å²) in [5.74, 6) is 2.68. The molecule has 1 aromatic heterocycles. The summed E-state index contributed by atoms with van der Waals surface area (Å²) < 4.78 is 7.14. The first-order valence-corrected chi connectivity index (χ1v) is 12.1. The number of nitro groups is 1. The molecule has 4 bridgehead atoms. The van der Waals surface area contributed by atoms with E-state index in [1.165, 1.54) is 61.4 Å². The summed E-state index contributed by atoms with van der Waals surface area (Å²) in [5.41, 5.74) is 0.504. The SMILES string of the molecule is CCC(NC(=O)c1ccn(COc2ccc([N+](=O)[O-])cc2Cl)n1)C12CC3CC(CC(C3)C1)C2. The van der Waals surface area contributed by atoms with Gasteiger partial charge in [-0.15, -0.1) is 0 Å². The van der Waals surface area contributed by atoms with Gasteiger partial charge < -0.3 is 10.1 Å². The predicted octanol–water partition coefficient (Wildman–Crippen LogP) is 5.21. The van der Waals surface area contributed by atoms with Crippen LogP contribution < -0.4 is 10.1 Å². The highest BCUT2D eigenvalue weighted by Crippen LogP contribution is 2.61. The molecule has 1 aromatic carbocycles. The summed E-state index contributed by atoms with van der Waals surface area (Å²) in [6.45, 7) is 2.21. The average molecular weight is 473 g/mol. The second kappa shape index (κ2) is 8.63. The number of halogens is 1. The van der Waals surface area contributed by atoms with Crippen molar-refractivity contribution in [1.29, 1.82) is 0 Å². The van der Waals surface area contributed by atoms with Gasteiger partial charge in [-0.05, 0) is 80.2 Å². The molecular weight excluding hydrogens is 444 g/mol. The molecule has 1 unspecified atom stereocenters. The molecule has 33 heavy (non-hydrogen) atoms. The number of rotatable bonds is 8. The Kier molecular flexibility index (Phi) is 5.80. The normalized spacial score (nSPS) is 28.5. The van der Waals surface area contributed by atoms with Crippen LogP contribution in [0.4, 0.5) is 5.69 Å². The van der Waals surface area contributed by atoms with Crippen LogP contribution in [0.1, 0.15) is 62.4 Å². The van der Waals surface area contributed by atoms with E-state index in [1.807, 2.05) is 0 Å². The van der Waals surface area contributed by atoms with Crippen molar-refractivity contribution in [2.24, 2.45) is 23.2 Å². The lowest BCUT2D eigenvalue weighted by molar-refractivity contribution is -0.384. The summed E-state index contributed by atoms with van der Waals surface area (Å²) in [6.07, 6.45) is 10.5. The number of hydrogen-bond acceptors (Lipinski definition) is 5. The van der Waals surface area contributed by atoms with E-state index in [4.69, 9.17) is 16.3 Å². The van der Waals surface area contributed by atoms with Crippen LogP contribution >= 0.6 is 11.6 Å². The Hall–Kier alpha value is -2.61. The average Bonchev–Trinajstić information content (AvgIpc) is 3.24. The molecular formula is C24H29ClN4O4. The molecule has 176 valence electrons. The number of benzene rings is 1. The largest absolute Gasteiger partial charge is 0.470 e. The lowest BCUT2D eigenvalue weighted by Crippen LogP contribution is -2.56. The molecule has 1 amide bonds. The van der Waals surface area contributed by atoms with Gasteiger partial charge in [0.05, 0.1) is 9.95 Å². The van der Waals surface area contributed by atoms with E-state index in [9.17, 15) is 14.9 Å². The van der Waals surface area contributed by atoms with Gasteiger partial charge in [-0.3, -0.25) is 14.9 Å². The lowest BCUT2D eigenvalue weighted by atomic mass is 9.47. The predicted molar refractivity (Wildman–Crippen MR) is 123 cm³/mol. The molecule has 9 heteroatoms. The van der Waals surface area contributed by atoms with Crippen LogP contribution in [0, 0.1) is 33.3 Å². The molecule has 4 aliphatic carbocycles. The van der Waals surface area contributed by atoms with Crippen molar-refractivity contribution in [3.8, 4) is 5.75 Å². The van der Waals surface area contributed by atoms with Crippen LogP contribution in [0.3, 0.4) is 0 Å². The van der Waals surface area contributed by atoms with Crippen LogP contribution in [0.15, 0.2) is 30.5 Å². The number of hydrogen-bond donors (Lipinski definition) is 1. The maximum Gasteiger partial charge on any atom is 0.272 e. The van der Waals surface area contributed by atoms with Gasteiger partial charge in [0.15, 0.2) is 6.73 Å². The third kappa shape index (κ3) is 4.33. The summed E-state index contributed by atoms with van der Waals surface area (Å²) in [4.78, 5) is 23.4. The van der Waals surface area contributed by atoms with E-state index in [1.54, 1.807) is 12.3 Å². The van der Waals surface area contributed by atoms with Crippen LogP contribution in [0.5, 0.6) is 5.75 Å². The lowest BCUT2D eigenvalue weighted by Gasteiger charge is -2.59. The fourth-order valence-corrected chi connectivity index (χ4v) is 7.16. The number of aromatic nitrogens is 2. The van der Waals surface area contributed by atoms with Gasteiger partial charge in [0.25, 0.3) is 11.6 Å². The van der Waals surface area contributed by atoms with E-state index >= 15 is 0 Å². The zero-order valence-corrected chi connectivity index (χ0v) is 19.5. The third-order valence-electron chi connectivity index (χ3n) is 7.89. The Bertz CT molecular complexity index is 1030. The number of amides is 1.